The van der Waals surface area contributed by atoms with Crippen molar-refractivity contribution in [3.05, 3.63) is 22.8 Å². The predicted octanol–water partition coefficient (Wildman–Crippen LogP) is 2.15. The molecule has 3 N–H and O–H groups in total. The lowest BCUT2D eigenvalue weighted by Crippen LogP contribution is -2.72. The number of rotatable bonds is 3. The van der Waals surface area contributed by atoms with Gasteiger partial charge >= 0.3 is 11.9 Å². The average Bonchev–Trinajstić information content (AvgIpc) is 3.56. The third kappa shape index (κ3) is 3.13. The summed E-state index contributed by atoms with van der Waals surface area (Å²) in [6, 6.07) is 0. The Morgan fingerprint density at radius 3 is 2.49 bits per heavy atom. The number of carbonyl (C=O) groups is 3. The minimum atomic E-state index is -1.53. The van der Waals surface area contributed by atoms with Gasteiger partial charge in [0.05, 0.1) is 17.6 Å². The highest BCUT2D eigenvalue weighted by atomic mass is 16.6. The van der Waals surface area contributed by atoms with Crippen molar-refractivity contribution in [3.63, 3.8) is 0 Å². The second kappa shape index (κ2) is 8.24. The number of esters is 2. The summed E-state index contributed by atoms with van der Waals surface area (Å²) in [5, 5.41) is 34.3. The van der Waals surface area contributed by atoms with Gasteiger partial charge in [-0.3, -0.25) is 9.59 Å². The number of aliphatic hydroxyl groups is 3. The molecule has 0 aromatic carbocycles. The van der Waals surface area contributed by atoms with Crippen LogP contribution < -0.4 is 0 Å². The minimum absolute atomic E-state index is 0.165. The number of hydrogen-bond donors (Lipinski definition) is 3. The van der Waals surface area contributed by atoms with Gasteiger partial charge in [-0.2, -0.15) is 0 Å². The third-order valence-electron chi connectivity index (χ3n) is 11.9. The standard InChI is InChI=1S/C30H40O9/c1-13-9-21(38-26(35)14(13)2)15(3)18-10-23(37-16(4)31)29(36)19-11-24-30(39-24)25(34)20(32)12-22(33)28(30,6)17(19)7-8-27(18,29)5/h10,15,17,19-21,23-25,32,34,36H,7-9,11-12H2,1-6H3/t15-,17-,19+,20-,21+,23-,24+,25-,27+,28-,29+,30-/m0/s1. The maximum atomic E-state index is 13.6. The van der Waals surface area contributed by atoms with Gasteiger partial charge in [-0.1, -0.05) is 25.0 Å². The summed E-state index contributed by atoms with van der Waals surface area (Å²) in [7, 11) is 0. The van der Waals surface area contributed by atoms with Crippen molar-refractivity contribution in [1.82, 2.24) is 0 Å². The fraction of sp³-hybridized carbons (Fsp3) is 0.767. The molecular weight excluding hydrogens is 504 g/mol. The number of ether oxygens (including phenoxy) is 3. The van der Waals surface area contributed by atoms with E-state index >= 15 is 0 Å². The van der Waals surface area contributed by atoms with Crippen LogP contribution in [-0.4, -0.2) is 74.8 Å². The predicted molar refractivity (Wildman–Crippen MR) is 137 cm³/mol. The van der Waals surface area contributed by atoms with E-state index in [0.717, 1.165) is 11.1 Å². The van der Waals surface area contributed by atoms with Crippen molar-refractivity contribution in [1.29, 1.82) is 0 Å². The molecule has 214 valence electrons. The summed E-state index contributed by atoms with van der Waals surface area (Å²) in [6.45, 7) is 10.8. The van der Waals surface area contributed by atoms with Crippen LogP contribution in [0.4, 0.5) is 0 Å². The van der Waals surface area contributed by atoms with Crippen molar-refractivity contribution in [2.75, 3.05) is 0 Å². The zero-order valence-corrected chi connectivity index (χ0v) is 23.5. The summed E-state index contributed by atoms with van der Waals surface area (Å²) in [5.41, 5.74) is -2.12. The van der Waals surface area contributed by atoms with Crippen molar-refractivity contribution in [2.24, 2.45) is 28.6 Å². The fourth-order valence-electron chi connectivity index (χ4n) is 9.50. The lowest BCUT2D eigenvalue weighted by molar-refractivity contribution is -0.232. The molecule has 0 unspecified atom stereocenters. The smallest absolute Gasteiger partial charge is 0.333 e. The first-order chi connectivity index (χ1) is 18.1. The van der Waals surface area contributed by atoms with E-state index in [1.165, 1.54) is 6.92 Å². The molecule has 4 aliphatic carbocycles. The Bertz CT molecular complexity index is 1220. The van der Waals surface area contributed by atoms with Crippen LogP contribution in [0.2, 0.25) is 0 Å². The lowest BCUT2D eigenvalue weighted by Gasteiger charge is -2.62. The van der Waals surface area contributed by atoms with Crippen LogP contribution in [0.15, 0.2) is 22.8 Å². The molecule has 12 atom stereocenters. The van der Waals surface area contributed by atoms with Gasteiger partial charge in [-0.05, 0) is 57.9 Å². The van der Waals surface area contributed by atoms with E-state index < -0.39 is 64.4 Å². The van der Waals surface area contributed by atoms with Gasteiger partial charge in [0.2, 0.25) is 0 Å². The molecule has 0 radical (unpaired) electrons. The van der Waals surface area contributed by atoms with E-state index in [1.807, 2.05) is 33.8 Å². The monoisotopic (exact) mass is 544 g/mol. The van der Waals surface area contributed by atoms with Gasteiger partial charge in [0.25, 0.3) is 0 Å². The van der Waals surface area contributed by atoms with Crippen LogP contribution in [0.25, 0.3) is 0 Å². The quantitative estimate of drug-likeness (QED) is 0.277. The highest BCUT2D eigenvalue weighted by Crippen LogP contribution is 2.74. The first kappa shape index (κ1) is 27.1. The molecule has 9 heteroatoms. The maximum absolute atomic E-state index is 13.6. The van der Waals surface area contributed by atoms with E-state index in [1.54, 1.807) is 6.92 Å². The zero-order chi connectivity index (χ0) is 28.4. The molecule has 4 fully saturated rings. The number of cyclic esters (lactones) is 1. The summed E-state index contributed by atoms with van der Waals surface area (Å²) in [5.74, 6) is -2.07. The second-order valence-electron chi connectivity index (χ2n) is 13.4. The zero-order valence-electron chi connectivity index (χ0n) is 23.5. The SMILES string of the molecule is CC(=O)O[C@H]1C=C([C@H](C)[C@H]2CC(C)=C(C)C(=O)O2)[C@@]2(C)CC[C@H]3[C@@H](C[C@H]4O[C@]45[C@@H](O)[C@@H](O)CC(=O)[C@]35C)[C@@]12O. The molecule has 3 saturated carbocycles. The number of hydrogen-bond acceptors (Lipinski definition) is 9. The number of aliphatic hydroxyl groups excluding tert-OH is 2. The Balaban J connectivity index is 1.41. The van der Waals surface area contributed by atoms with Gasteiger partial charge in [0.15, 0.2) is 0 Å². The molecule has 2 heterocycles. The molecule has 0 amide bonds. The highest BCUT2D eigenvalue weighted by Gasteiger charge is 2.84. The molecule has 6 aliphatic rings. The molecule has 9 nitrogen and oxygen atoms in total. The summed E-state index contributed by atoms with van der Waals surface area (Å²) in [6.07, 6.45) is -0.497. The molecular formula is C30H40O9. The number of Topliss-reactive ketones (excluding diaryl/α,β-unsaturated/α-hetero) is 1. The second-order valence-corrected chi connectivity index (χ2v) is 13.4. The summed E-state index contributed by atoms with van der Waals surface area (Å²) >= 11 is 0. The molecule has 0 aromatic rings. The van der Waals surface area contributed by atoms with Crippen molar-refractivity contribution < 1.29 is 43.9 Å². The molecule has 0 aromatic heterocycles. The molecule has 6 rings (SSSR count). The van der Waals surface area contributed by atoms with E-state index in [0.29, 0.717) is 31.3 Å². The Morgan fingerprint density at radius 2 is 1.85 bits per heavy atom. The van der Waals surface area contributed by atoms with Crippen LogP contribution in [0.3, 0.4) is 0 Å². The van der Waals surface area contributed by atoms with E-state index in [2.05, 4.69) is 0 Å². The van der Waals surface area contributed by atoms with E-state index in [4.69, 9.17) is 14.2 Å². The van der Waals surface area contributed by atoms with Gasteiger partial charge in [0.1, 0.15) is 35.3 Å². The van der Waals surface area contributed by atoms with Crippen LogP contribution >= 0.6 is 0 Å². The Kier molecular flexibility index (Phi) is 5.73. The van der Waals surface area contributed by atoms with Gasteiger partial charge in [-0.25, -0.2) is 4.79 Å². The Labute approximate surface area is 228 Å². The van der Waals surface area contributed by atoms with E-state index in [9.17, 15) is 29.7 Å². The topological polar surface area (TPSA) is 143 Å². The van der Waals surface area contributed by atoms with Crippen LogP contribution in [0, 0.1) is 28.6 Å². The van der Waals surface area contributed by atoms with Crippen molar-refractivity contribution >= 4 is 17.7 Å². The fourth-order valence-corrected chi connectivity index (χ4v) is 9.50. The van der Waals surface area contributed by atoms with E-state index in [-0.39, 0.29) is 30.0 Å². The third-order valence-corrected chi connectivity index (χ3v) is 11.9. The minimum Gasteiger partial charge on any atom is -0.458 e. The first-order valence-electron chi connectivity index (χ1n) is 14.2. The largest absolute Gasteiger partial charge is 0.458 e. The summed E-state index contributed by atoms with van der Waals surface area (Å²) in [4.78, 5) is 38.5. The number of ketones is 1. The van der Waals surface area contributed by atoms with Crippen LogP contribution in [0.5, 0.6) is 0 Å². The maximum Gasteiger partial charge on any atom is 0.333 e. The normalized spacial score (nSPS) is 51.1. The Morgan fingerprint density at radius 1 is 1.15 bits per heavy atom. The lowest BCUT2D eigenvalue weighted by atomic mass is 9.42. The van der Waals surface area contributed by atoms with Gasteiger partial charge < -0.3 is 29.5 Å². The molecule has 0 bridgehead atoms. The van der Waals surface area contributed by atoms with Crippen molar-refractivity contribution in [2.45, 2.75) is 115 Å². The number of carbonyl (C=O) groups excluding carboxylic acids is 3. The van der Waals surface area contributed by atoms with Crippen LogP contribution in [0.1, 0.15) is 73.6 Å². The van der Waals surface area contributed by atoms with Gasteiger partial charge in [-0.15, -0.1) is 0 Å². The Hall–Kier alpha value is -2.07. The van der Waals surface area contributed by atoms with Crippen LogP contribution in [-0.2, 0) is 28.6 Å². The molecule has 1 saturated heterocycles. The molecule has 39 heavy (non-hydrogen) atoms. The number of epoxide rings is 1. The van der Waals surface area contributed by atoms with Gasteiger partial charge in [0, 0.05) is 36.7 Å². The molecule has 2 aliphatic heterocycles. The number of fused-ring (bicyclic) bond motifs is 4. The summed E-state index contributed by atoms with van der Waals surface area (Å²) < 4.78 is 17.8. The highest BCUT2D eigenvalue weighted by molar-refractivity contribution is 5.90. The first-order valence-corrected chi connectivity index (χ1v) is 14.2. The average molecular weight is 545 g/mol. The molecule has 1 spiro atoms. The van der Waals surface area contributed by atoms with Crippen molar-refractivity contribution in [3.8, 4) is 0 Å².